The van der Waals surface area contributed by atoms with E-state index in [2.05, 4.69) is 19.5 Å². The number of fused-ring (bicyclic) bond motifs is 2. The summed E-state index contributed by atoms with van der Waals surface area (Å²) in [5.41, 5.74) is 1.48. The average Bonchev–Trinajstić information content (AvgIpc) is 3.21. The number of hydrogen-bond donors (Lipinski definition) is 0. The van der Waals surface area contributed by atoms with Gasteiger partial charge in [0.2, 0.25) is 0 Å². The fourth-order valence-corrected chi connectivity index (χ4v) is 5.28. The van der Waals surface area contributed by atoms with Crippen molar-refractivity contribution in [1.82, 2.24) is 19.5 Å². The molecule has 1 saturated heterocycles. The standard InChI is InChI=1S/C15H17ClN4O2/c1-21-3-9-7-2-8-10(9)4-22-13(8)12(7)20-6-19-11-14(16)17-5-18-15(11)20/h5-10,12-13H,2-4H2,1H3. The number of nitrogens with zero attached hydrogens (tertiary/aromatic N) is 4. The molecule has 0 spiro atoms. The summed E-state index contributed by atoms with van der Waals surface area (Å²) in [7, 11) is 1.79. The van der Waals surface area contributed by atoms with Crippen molar-refractivity contribution in [2.45, 2.75) is 18.6 Å². The summed E-state index contributed by atoms with van der Waals surface area (Å²) >= 11 is 6.13. The van der Waals surface area contributed by atoms with Crippen molar-refractivity contribution < 1.29 is 9.47 Å². The number of rotatable bonds is 3. The molecule has 2 saturated carbocycles. The van der Waals surface area contributed by atoms with E-state index in [1.165, 1.54) is 12.7 Å². The lowest BCUT2D eigenvalue weighted by atomic mass is 9.78. The molecule has 2 aliphatic carbocycles. The van der Waals surface area contributed by atoms with E-state index in [1.54, 1.807) is 7.11 Å². The van der Waals surface area contributed by atoms with Gasteiger partial charge in [-0.05, 0) is 30.1 Å². The maximum atomic E-state index is 6.14. The first-order valence-corrected chi connectivity index (χ1v) is 8.11. The van der Waals surface area contributed by atoms with Crippen molar-refractivity contribution in [2.75, 3.05) is 20.3 Å². The average molecular weight is 321 g/mol. The van der Waals surface area contributed by atoms with Crippen LogP contribution in [0.4, 0.5) is 0 Å². The summed E-state index contributed by atoms with van der Waals surface area (Å²) in [5.74, 6) is 2.42. The Bertz CT molecular complexity index is 735. The van der Waals surface area contributed by atoms with E-state index in [4.69, 9.17) is 21.1 Å². The van der Waals surface area contributed by atoms with Crippen LogP contribution >= 0.6 is 11.6 Å². The predicted molar refractivity (Wildman–Crippen MR) is 79.6 cm³/mol. The smallest absolute Gasteiger partial charge is 0.165 e. The van der Waals surface area contributed by atoms with Crippen LogP contribution in [0.1, 0.15) is 12.5 Å². The normalized spacial score (nSPS) is 39.2. The largest absolute Gasteiger partial charge is 0.384 e. The Balaban J connectivity index is 1.61. The number of aromatic nitrogens is 4. The molecule has 0 radical (unpaired) electrons. The minimum Gasteiger partial charge on any atom is -0.384 e. The maximum Gasteiger partial charge on any atom is 0.165 e. The van der Waals surface area contributed by atoms with Crippen molar-refractivity contribution in [1.29, 1.82) is 0 Å². The van der Waals surface area contributed by atoms with Gasteiger partial charge in [0.15, 0.2) is 10.8 Å². The lowest BCUT2D eigenvalue weighted by Gasteiger charge is -2.33. The van der Waals surface area contributed by atoms with Gasteiger partial charge in [-0.3, -0.25) is 0 Å². The Morgan fingerprint density at radius 1 is 1.32 bits per heavy atom. The third-order valence-corrected chi connectivity index (χ3v) is 6.14. The van der Waals surface area contributed by atoms with Crippen LogP contribution in [0, 0.1) is 23.7 Å². The van der Waals surface area contributed by atoms with Crippen molar-refractivity contribution in [3.8, 4) is 0 Å². The molecule has 116 valence electrons. The van der Waals surface area contributed by atoms with Gasteiger partial charge < -0.3 is 14.0 Å². The quantitative estimate of drug-likeness (QED) is 0.809. The van der Waals surface area contributed by atoms with Crippen molar-refractivity contribution >= 4 is 22.8 Å². The van der Waals surface area contributed by atoms with E-state index in [1.807, 2.05) is 6.33 Å². The van der Waals surface area contributed by atoms with Gasteiger partial charge in [-0.2, -0.15) is 0 Å². The van der Waals surface area contributed by atoms with Crippen molar-refractivity contribution in [2.24, 2.45) is 23.7 Å². The number of halogens is 1. The van der Waals surface area contributed by atoms with Gasteiger partial charge in [-0.1, -0.05) is 11.6 Å². The highest BCUT2D eigenvalue weighted by Crippen LogP contribution is 2.61. The first-order chi connectivity index (χ1) is 10.8. The number of imidazole rings is 1. The van der Waals surface area contributed by atoms with Crippen LogP contribution < -0.4 is 0 Å². The van der Waals surface area contributed by atoms with Gasteiger partial charge in [-0.15, -0.1) is 0 Å². The predicted octanol–water partition coefficient (Wildman–Crippen LogP) is 1.95. The molecule has 0 N–H and O–H groups in total. The van der Waals surface area contributed by atoms with E-state index in [-0.39, 0.29) is 12.1 Å². The third-order valence-electron chi connectivity index (χ3n) is 5.87. The molecule has 1 aliphatic heterocycles. The third kappa shape index (κ3) is 1.55. The number of hydrogen-bond acceptors (Lipinski definition) is 5. The molecule has 0 amide bonds. The molecular formula is C15H17ClN4O2. The van der Waals surface area contributed by atoms with Crippen LogP contribution in [-0.4, -0.2) is 45.9 Å². The molecule has 2 bridgehead atoms. The van der Waals surface area contributed by atoms with E-state index >= 15 is 0 Å². The van der Waals surface area contributed by atoms with Gasteiger partial charge in [0.25, 0.3) is 0 Å². The summed E-state index contributed by atoms with van der Waals surface area (Å²) in [6.45, 7) is 1.67. The summed E-state index contributed by atoms with van der Waals surface area (Å²) in [4.78, 5) is 12.8. The van der Waals surface area contributed by atoms with Gasteiger partial charge in [0.1, 0.15) is 11.8 Å². The summed E-state index contributed by atoms with van der Waals surface area (Å²) in [6, 6.07) is 0.278. The van der Waals surface area contributed by atoms with E-state index in [0.29, 0.717) is 34.3 Å². The molecule has 6 atom stereocenters. The maximum absolute atomic E-state index is 6.14. The molecule has 6 nitrogen and oxygen atoms in total. The van der Waals surface area contributed by atoms with Gasteiger partial charge in [0, 0.05) is 13.7 Å². The van der Waals surface area contributed by atoms with Crippen LogP contribution in [0.2, 0.25) is 5.15 Å². The van der Waals surface area contributed by atoms with Crippen molar-refractivity contribution in [3.05, 3.63) is 17.8 Å². The summed E-state index contributed by atoms with van der Waals surface area (Å²) in [5, 5.41) is 0.408. The second-order valence-corrected chi connectivity index (χ2v) is 6.98. The van der Waals surface area contributed by atoms with E-state index < -0.39 is 0 Å². The minimum atomic E-state index is 0.272. The number of ether oxygens (including phenoxy) is 2. The van der Waals surface area contributed by atoms with Crippen LogP contribution in [0.15, 0.2) is 12.7 Å². The molecule has 5 rings (SSSR count). The zero-order valence-corrected chi connectivity index (χ0v) is 13.0. The highest BCUT2D eigenvalue weighted by molar-refractivity contribution is 6.33. The second-order valence-electron chi connectivity index (χ2n) is 6.62. The highest BCUT2D eigenvalue weighted by atomic mass is 35.5. The minimum absolute atomic E-state index is 0.272. The lowest BCUT2D eigenvalue weighted by Crippen LogP contribution is -2.36. The number of methoxy groups -OCH3 is 1. The molecule has 3 heterocycles. The molecule has 0 aromatic carbocycles. The topological polar surface area (TPSA) is 62.1 Å². The SMILES string of the molecule is COCC1C2COC3C2CC1C3n1cnc2c(Cl)ncnc21. The Labute approximate surface area is 132 Å². The first-order valence-electron chi connectivity index (χ1n) is 7.73. The van der Waals surface area contributed by atoms with E-state index in [0.717, 1.165) is 18.9 Å². The molecule has 3 fully saturated rings. The molecule has 2 aromatic heterocycles. The van der Waals surface area contributed by atoms with Crippen LogP contribution in [0.3, 0.4) is 0 Å². The molecule has 7 heteroatoms. The van der Waals surface area contributed by atoms with Gasteiger partial charge in [-0.25, -0.2) is 15.0 Å². The summed E-state index contributed by atoms with van der Waals surface area (Å²) in [6.07, 6.45) is 4.83. The Morgan fingerprint density at radius 2 is 2.23 bits per heavy atom. The van der Waals surface area contributed by atoms with Crippen LogP contribution in [-0.2, 0) is 9.47 Å². The Kier molecular flexibility index (Phi) is 2.78. The molecule has 2 aromatic rings. The molecule has 3 aliphatic rings. The van der Waals surface area contributed by atoms with E-state index in [9.17, 15) is 0 Å². The summed E-state index contributed by atoms with van der Waals surface area (Å²) < 4.78 is 13.8. The Morgan fingerprint density at radius 3 is 3.09 bits per heavy atom. The zero-order chi connectivity index (χ0) is 14.8. The fourth-order valence-electron chi connectivity index (χ4n) is 5.10. The lowest BCUT2D eigenvalue weighted by molar-refractivity contribution is 0.0499. The zero-order valence-electron chi connectivity index (χ0n) is 12.2. The monoisotopic (exact) mass is 320 g/mol. The first kappa shape index (κ1) is 13.2. The van der Waals surface area contributed by atoms with Crippen LogP contribution in [0.5, 0.6) is 0 Å². The molecular weight excluding hydrogens is 304 g/mol. The molecule has 22 heavy (non-hydrogen) atoms. The highest BCUT2D eigenvalue weighted by Gasteiger charge is 2.62. The van der Waals surface area contributed by atoms with Crippen molar-refractivity contribution in [3.63, 3.8) is 0 Å². The second kappa shape index (κ2) is 4.63. The van der Waals surface area contributed by atoms with Crippen LogP contribution in [0.25, 0.3) is 11.2 Å². The Hall–Kier alpha value is -1.24. The molecule has 6 unspecified atom stereocenters. The fraction of sp³-hybridized carbons (Fsp3) is 0.667. The van der Waals surface area contributed by atoms with Gasteiger partial charge >= 0.3 is 0 Å². The van der Waals surface area contributed by atoms with Gasteiger partial charge in [0.05, 0.1) is 25.1 Å².